The molecule has 10 nitrogen and oxygen atoms in total. The molecule has 2 N–H and O–H groups in total. The number of aromatic nitrogens is 3. The number of carbonyl (C=O) groups excluding carboxylic acids is 1. The molecular formula is C37H44F5N5O5. The van der Waals surface area contributed by atoms with Crippen LogP contribution in [0.2, 0.25) is 0 Å². The minimum Gasteiger partial charge on any atom is -0.490 e. The third-order valence-electron chi connectivity index (χ3n) is 11.6. The first-order valence-electron chi connectivity index (χ1n) is 18.0. The first kappa shape index (κ1) is 36.5. The van der Waals surface area contributed by atoms with Gasteiger partial charge >= 0.3 is 12.1 Å². The summed E-state index contributed by atoms with van der Waals surface area (Å²) in [5, 5.41) is 13.3. The number of carboxylic acids is 1. The van der Waals surface area contributed by atoms with E-state index in [1.54, 1.807) is 25.4 Å². The average Bonchev–Trinajstić information content (AvgIpc) is 3.57. The number of benzene rings is 1. The molecule has 15 heteroatoms. The van der Waals surface area contributed by atoms with Crippen LogP contribution < -0.4 is 10.1 Å². The van der Waals surface area contributed by atoms with Gasteiger partial charge in [0, 0.05) is 42.6 Å². The summed E-state index contributed by atoms with van der Waals surface area (Å²) in [6.45, 7) is 3.81. The Morgan fingerprint density at radius 1 is 1.12 bits per heavy atom. The van der Waals surface area contributed by atoms with Gasteiger partial charge in [0.05, 0.1) is 42.9 Å². The van der Waals surface area contributed by atoms with Gasteiger partial charge < -0.3 is 24.5 Å². The van der Waals surface area contributed by atoms with Crippen LogP contribution in [0.15, 0.2) is 30.6 Å². The number of hydrogen-bond acceptors (Lipinski definition) is 7. The van der Waals surface area contributed by atoms with Gasteiger partial charge in [-0.15, -0.1) is 0 Å². The molecule has 0 radical (unpaired) electrons. The number of rotatable bonds is 10. The van der Waals surface area contributed by atoms with Gasteiger partial charge in [-0.25, -0.2) is 23.5 Å². The van der Waals surface area contributed by atoms with Crippen LogP contribution in [0.25, 0.3) is 22.3 Å². The summed E-state index contributed by atoms with van der Waals surface area (Å²) < 4.78 is 84.2. The van der Waals surface area contributed by atoms with E-state index in [1.165, 1.54) is 0 Å². The molecule has 4 aliphatic rings. The summed E-state index contributed by atoms with van der Waals surface area (Å²) >= 11 is 0. The van der Waals surface area contributed by atoms with Crippen molar-refractivity contribution in [1.29, 1.82) is 0 Å². The molecule has 1 saturated heterocycles. The van der Waals surface area contributed by atoms with Gasteiger partial charge in [0.1, 0.15) is 11.3 Å². The van der Waals surface area contributed by atoms with Crippen molar-refractivity contribution < 1.29 is 46.1 Å². The fourth-order valence-corrected chi connectivity index (χ4v) is 9.26. The SMILES string of the molecule is COC[C@@H](C)n1cc(-c2ncc(C(=O)NC3(C(=O)O)CC4CC(C)CC3C4)c(C(F)(F)F)n2)c2ccc(OC3CCC(N4CC(F)(F)C4)CC3)cc21. The summed E-state index contributed by atoms with van der Waals surface area (Å²) in [5.41, 5.74) is -3.00. The fourth-order valence-electron chi connectivity index (χ4n) is 9.26. The lowest BCUT2D eigenvalue weighted by Gasteiger charge is -2.46. The van der Waals surface area contributed by atoms with Crippen molar-refractivity contribution in [2.75, 3.05) is 26.8 Å². The van der Waals surface area contributed by atoms with Crippen molar-refractivity contribution >= 4 is 22.8 Å². The van der Waals surface area contributed by atoms with Crippen LogP contribution in [0.4, 0.5) is 22.0 Å². The number of hydrogen-bond donors (Lipinski definition) is 2. The van der Waals surface area contributed by atoms with E-state index >= 15 is 0 Å². The van der Waals surface area contributed by atoms with Crippen LogP contribution in [0.1, 0.15) is 87.3 Å². The largest absolute Gasteiger partial charge is 0.490 e. The molecule has 3 saturated carbocycles. The maximum absolute atomic E-state index is 14.6. The van der Waals surface area contributed by atoms with Crippen LogP contribution in [-0.4, -0.2) is 86.8 Å². The highest BCUT2D eigenvalue weighted by Gasteiger charge is 2.56. The van der Waals surface area contributed by atoms with Crippen molar-refractivity contribution in [1.82, 2.24) is 24.8 Å². The number of ether oxygens (including phenoxy) is 2. The van der Waals surface area contributed by atoms with Crippen molar-refractivity contribution in [2.24, 2.45) is 17.8 Å². The van der Waals surface area contributed by atoms with E-state index in [9.17, 15) is 36.6 Å². The quantitative estimate of drug-likeness (QED) is 0.215. The molecule has 0 spiro atoms. The number of methoxy groups -OCH3 is 1. The van der Waals surface area contributed by atoms with Gasteiger partial charge in [0.2, 0.25) is 0 Å². The Morgan fingerprint density at radius 2 is 1.85 bits per heavy atom. The number of likely N-dealkylation sites (tertiary alicyclic amines) is 1. The number of carbonyl (C=O) groups is 2. The molecule has 2 aromatic heterocycles. The summed E-state index contributed by atoms with van der Waals surface area (Å²) in [7, 11) is 1.55. The monoisotopic (exact) mass is 733 g/mol. The molecule has 5 atom stereocenters. The maximum atomic E-state index is 14.6. The Labute approximate surface area is 298 Å². The van der Waals surface area contributed by atoms with Crippen LogP contribution in [0.5, 0.6) is 5.75 Å². The van der Waals surface area contributed by atoms with Gasteiger partial charge in [0.25, 0.3) is 11.8 Å². The van der Waals surface area contributed by atoms with Crippen LogP contribution in [0, 0.1) is 17.8 Å². The Kier molecular flexibility index (Phi) is 9.50. The number of alkyl halides is 5. The fraction of sp³-hybridized carbons (Fsp3) is 0.622. The van der Waals surface area contributed by atoms with E-state index in [1.807, 2.05) is 29.4 Å². The standard InChI is InChI=1S/C37H44F5N5O5/c1-20-10-22-12-23(11-20)36(14-22,34(49)50)45-33(48)28-15-43-32(44-31(28)37(40,41)42)29-16-47(21(2)17-51-3)30-13-26(8-9-27(29)30)52-25-6-4-24(5-7-25)46-18-35(38,39)19-46/h8-9,13,15-16,20-25H,4-7,10-12,14,17-19H2,1-3H3,(H,45,48)(H,49,50)/t20?,21-,22?,23?,24?,25?,36?/m1/s1. The second kappa shape index (κ2) is 13.5. The first-order chi connectivity index (χ1) is 24.6. The predicted octanol–water partition coefficient (Wildman–Crippen LogP) is 6.97. The van der Waals surface area contributed by atoms with Crippen molar-refractivity contribution in [2.45, 2.75) is 101 Å². The molecule has 52 heavy (non-hydrogen) atoms. The van der Waals surface area contributed by atoms with E-state index < -0.39 is 40.8 Å². The molecule has 1 amide bonds. The van der Waals surface area contributed by atoms with E-state index in [4.69, 9.17) is 9.47 Å². The topological polar surface area (TPSA) is 119 Å². The maximum Gasteiger partial charge on any atom is 0.434 e. The summed E-state index contributed by atoms with van der Waals surface area (Å²) in [6, 6.07) is 5.14. The zero-order chi connectivity index (χ0) is 37.2. The van der Waals surface area contributed by atoms with Gasteiger partial charge in [-0.1, -0.05) is 6.92 Å². The molecule has 4 unspecified atom stereocenters. The summed E-state index contributed by atoms with van der Waals surface area (Å²) in [6.07, 6.45) is 2.37. The number of nitrogens with zero attached hydrogens (tertiary/aromatic N) is 4. The molecule has 3 heterocycles. The number of halogens is 5. The Morgan fingerprint density at radius 3 is 2.50 bits per heavy atom. The highest BCUT2D eigenvalue weighted by atomic mass is 19.4. The highest BCUT2D eigenvalue weighted by molar-refractivity contribution is 6.00. The normalized spacial score (nSPS) is 29.4. The van der Waals surface area contributed by atoms with E-state index in [0.717, 1.165) is 25.5 Å². The molecule has 282 valence electrons. The van der Waals surface area contributed by atoms with Gasteiger partial charge in [-0.3, -0.25) is 9.69 Å². The molecule has 7 rings (SSSR count). The van der Waals surface area contributed by atoms with Gasteiger partial charge in [-0.2, -0.15) is 13.2 Å². The molecule has 1 aliphatic heterocycles. The lowest BCUT2D eigenvalue weighted by atomic mass is 9.78. The minimum absolute atomic E-state index is 0.0677. The summed E-state index contributed by atoms with van der Waals surface area (Å²) in [4.78, 5) is 36.1. The zero-order valence-corrected chi connectivity index (χ0v) is 29.4. The van der Waals surface area contributed by atoms with Crippen molar-refractivity contribution in [3.05, 3.63) is 41.9 Å². The smallest absolute Gasteiger partial charge is 0.434 e. The number of nitrogens with one attached hydrogen (secondary N) is 1. The Balaban J connectivity index is 1.16. The number of aliphatic carboxylic acids is 1. The van der Waals surface area contributed by atoms with Crippen molar-refractivity contribution in [3.63, 3.8) is 0 Å². The first-order valence-corrected chi connectivity index (χ1v) is 18.0. The minimum atomic E-state index is -5.04. The second-order valence-electron chi connectivity index (χ2n) is 15.5. The van der Waals surface area contributed by atoms with Crippen molar-refractivity contribution in [3.8, 4) is 17.1 Å². The Hall–Kier alpha value is -3.85. The molecular weight excluding hydrogens is 689 g/mol. The summed E-state index contributed by atoms with van der Waals surface area (Å²) in [5.74, 6) is -4.78. The number of amides is 1. The second-order valence-corrected chi connectivity index (χ2v) is 15.5. The molecule has 3 aromatic rings. The third kappa shape index (κ3) is 6.85. The van der Waals surface area contributed by atoms with Crippen LogP contribution in [-0.2, 0) is 15.7 Å². The molecule has 4 fully saturated rings. The Bertz CT molecular complexity index is 1830. The average molecular weight is 734 g/mol. The van der Waals surface area contributed by atoms with E-state index in [0.29, 0.717) is 54.5 Å². The lowest BCUT2D eigenvalue weighted by Crippen LogP contribution is -2.60. The predicted molar refractivity (Wildman–Crippen MR) is 180 cm³/mol. The van der Waals surface area contributed by atoms with E-state index in [2.05, 4.69) is 15.3 Å². The molecule has 3 aliphatic carbocycles. The highest BCUT2D eigenvalue weighted by Crippen LogP contribution is 2.51. The van der Waals surface area contributed by atoms with E-state index in [-0.39, 0.29) is 61.3 Å². The van der Waals surface area contributed by atoms with Gasteiger partial charge in [0.15, 0.2) is 11.5 Å². The van der Waals surface area contributed by atoms with Crippen LogP contribution in [0.3, 0.4) is 0 Å². The number of fused-ring (bicyclic) bond motifs is 3. The lowest BCUT2D eigenvalue weighted by molar-refractivity contribution is -0.151. The third-order valence-corrected chi connectivity index (χ3v) is 11.6. The van der Waals surface area contributed by atoms with Crippen LogP contribution >= 0.6 is 0 Å². The zero-order valence-electron chi connectivity index (χ0n) is 29.4. The van der Waals surface area contributed by atoms with Gasteiger partial charge in [-0.05, 0) is 88.2 Å². The molecule has 2 bridgehead atoms. The molecule has 1 aromatic carbocycles. The number of carboxylic acid groups (broad SMARTS) is 1.